The normalized spacial score (nSPS) is 19.0. The largest absolute Gasteiger partial charge is 0.368 e. The van der Waals surface area contributed by atoms with E-state index < -0.39 is 10.0 Å². The molecule has 10 heteroatoms. The molecule has 3 heterocycles. The van der Waals surface area contributed by atoms with Crippen molar-refractivity contribution >= 4 is 27.6 Å². The molecule has 0 atom stereocenters. The summed E-state index contributed by atoms with van der Waals surface area (Å²) in [7, 11) is -3.16. The zero-order valence-electron chi connectivity index (χ0n) is 16.6. The maximum absolute atomic E-state index is 12.3. The molecule has 0 spiro atoms. The summed E-state index contributed by atoms with van der Waals surface area (Å²) >= 11 is 0. The fourth-order valence-corrected chi connectivity index (χ4v) is 4.60. The average Bonchev–Trinajstić information content (AvgIpc) is 3.19. The molecule has 0 unspecified atom stereocenters. The van der Waals surface area contributed by atoms with E-state index in [9.17, 15) is 13.2 Å². The Morgan fingerprint density at radius 1 is 1.14 bits per heavy atom. The molecule has 2 N–H and O–H groups in total. The van der Waals surface area contributed by atoms with Crippen molar-refractivity contribution in [3.8, 4) is 0 Å². The van der Waals surface area contributed by atoms with Crippen molar-refractivity contribution in [2.24, 2.45) is 5.92 Å². The molecule has 156 valence electrons. The number of hydrogen-bond donors (Lipinski definition) is 2. The van der Waals surface area contributed by atoms with Crippen molar-refractivity contribution in [2.45, 2.75) is 32.6 Å². The Balaban J connectivity index is 1.42. The third-order valence-electron chi connectivity index (χ3n) is 5.28. The summed E-state index contributed by atoms with van der Waals surface area (Å²) < 4.78 is 24.5. The molecule has 2 aliphatic rings. The van der Waals surface area contributed by atoms with E-state index in [0.717, 1.165) is 30.5 Å². The number of nitrogens with one attached hydrogen (secondary N) is 2. The summed E-state index contributed by atoms with van der Waals surface area (Å²) in [6.07, 6.45) is 4.73. The molecular formula is C18H30N6O3S. The van der Waals surface area contributed by atoms with E-state index >= 15 is 0 Å². The Morgan fingerprint density at radius 2 is 1.82 bits per heavy atom. The first-order valence-electron chi connectivity index (χ1n) is 9.90. The molecule has 3 rings (SSSR count). The van der Waals surface area contributed by atoms with Gasteiger partial charge >= 0.3 is 0 Å². The van der Waals surface area contributed by atoms with Crippen LogP contribution in [0, 0.1) is 12.8 Å². The minimum Gasteiger partial charge on any atom is -0.368 e. The van der Waals surface area contributed by atoms with Crippen LogP contribution in [0.3, 0.4) is 0 Å². The van der Waals surface area contributed by atoms with Crippen molar-refractivity contribution in [2.75, 3.05) is 55.7 Å². The predicted octanol–water partition coefficient (Wildman–Crippen LogP) is 0.585. The Morgan fingerprint density at radius 3 is 2.46 bits per heavy atom. The van der Waals surface area contributed by atoms with Gasteiger partial charge in [-0.1, -0.05) is 0 Å². The highest BCUT2D eigenvalue weighted by molar-refractivity contribution is 7.88. The van der Waals surface area contributed by atoms with Crippen molar-refractivity contribution in [1.82, 2.24) is 19.6 Å². The molecule has 1 aromatic rings. The third-order valence-corrected chi connectivity index (χ3v) is 6.58. The van der Waals surface area contributed by atoms with Crippen molar-refractivity contribution in [3.05, 3.63) is 11.9 Å². The smallest absolute Gasteiger partial charge is 0.223 e. The summed E-state index contributed by atoms with van der Waals surface area (Å²) in [6, 6.07) is 1.96. The molecule has 1 aromatic heterocycles. The number of carbonyl (C=O) groups excluding carboxylic acids is 1. The first kappa shape index (κ1) is 20.8. The number of amides is 1. The number of aryl methyl sites for hydroxylation is 1. The van der Waals surface area contributed by atoms with Gasteiger partial charge in [-0.15, -0.1) is 0 Å². The quantitative estimate of drug-likeness (QED) is 0.633. The zero-order chi connectivity index (χ0) is 20.1. The third kappa shape index (κ3) is 5.54. The number of anilines is 2. The second-order valence-corrected chi connectivity index (χ2v) is 9.49. The second-order valence-electron chi connectivity index (χ2n) is 7.51. The first-order chi connectivity index (χ1) is 13.3. The highest BCUT2D eigenvalue weighted by atomic mass is 32.2. The molecule has 0 aromatic carbocycles. The van der Waals surface area contributed by atoms with Crippen molar-refractivity contribution in [1.29, 1.82) is 0 Å². The Bertz CT molecular complexity index is 787. The van der Waals surface area contributed by atoms with Gasteiger partial charge in [-0.25, -0.2) is 22.7 Å². The van der Waals surface area contributed by atoms with Crippen molar-refractivity contribution < 1.29 is 13.2 Å². The zero-order valence-corrected chi connectivity index (χ0v) is 17.5. The van der Waals surface area contributed by atoms with Crippen LogP contribution in [-0.4, -0.2) is 74.1 Å². The van der Waals surface area contributed by atoms with Gasteiger partial charge in [-0.05, 0) is 32.6 Å². The van der Waals surface area contributed by atoms with Crippen LogP contribution in [0.4, 0.5) is 11.6 Å². The molecular weight excluding hydrogens is 380 g/mol. The Kier molecular flexibility index (Phi) is 6.71. The lowest BCUT2D eigenvalue weighted by Crippen LogP contribution is -2.43. The molecule has 0 bridgehead atoms. The summed E-state index contributed by atoms with van der Waals surface area (Å²) in [5.74, 6) is 2.32. The van der Waals surface area contributed by atoms with E-state index in [1.165, 1.54) is 23.4 Å². The van der Waals surface area contributed by atoms with Crippen LogP contribution in [0.1, 0.15) is 31.5 Å². The average molecular weight is 411 g/mol. The molecule has 2 saturated heterocycles. The monoisotopic (exact) mass is 410 g/mol. The highest BCUT2D eigenvalue weighted by Gasteiger charge is 2.28. The van der Waals surface area contributed by atoms with Crippen molar-refractivity contribution in [3.63, 3.8) is 0 Å². The van der Waals surface area contributed by atoms with E-state index in [1.807, 2.05) is 13.0 Å². The standard InChI is InChI=1S/C18H30N6O3S/c1-14-21-16(13-17(22-14)23-9-3-4-10-23)19-7-8-20-18(25)15-5-11-24(12-6-15)28(2,26)27/h13,15H,3-12H2,1-2H3,(H,20,25)(H,19,21,22). The topological polar surface area (TPSA) is 108 Å². The number of carbonyl (C=O) groups is 1. The number of sulfonamides is 1. The molecule has 1 amide bonds. The lowest BCUT2D eigenvalue weighted by atomic mass is 9.97. The van der Waals surface area contributed by atoms with Crippen LogP contribution in [0.5, 0.6) is 0 Å². The molecule has 9 nitrogen and oxygen atoms in total. The highest BCUT2D eigenvalue weighted by Crippen LogP contribution is 2.21. The Labute approximate surface area is 167 Å². The summed E-state index contributed by atoms with van der Waals surface area (Å²) in [5, 5.41) is 6.19. The maximum atomic E-state index is 12.3. The van der Waals surface area contributed by atoms with Gasteiger partial charge in [-0.3, -0.25) is 4.79 Å². The van der Waals surface area contributed by atoms with Crippen LogP contribution in [0.15, 0.2) is 6.07 Å². The summed E-state index contributed by atoms with van der Waals surface area (Å²) in [4.78, 5) is 23.5. The van der Waals surface area contributed by atoms with Crippen LogP contribution >= 0.6 is 0 Å². The number of nitrogens with zero attached hydrogens (tertiary/aromatic N) is 4. The van der Waals surface area contributed by atoms with Gasteiger partial charge in [0.15, 0.2) is 0 Å². The number of piperidine rings is 1. The predicted molar refractivity (Wildman–Crippen MR) is 109 cm³/mol. The lowest BCUT2D eigenvalue weighted by molar-refractivity contribution is -0.126. The van der Waals surface area contributed by atoms with E-state index in [-0.39, 0.29) is 11.8 Å². The van der Waals surface area contributed by atoms with Gasteiger partial charge in [0.05, 0.1) is 6.26 Å². The molecule has 0 aliphatic carbocycles. The minimum atomic E-state index is -3.16. The Hall–Kier alpha value is -1.94. The van der Waals surface area contributed by atoms with E-state index in [0.29, 0.717) is 39.0 Å². The fourth-order valence-electron chi connectivity index (χ4n) is 3.72. The van der Waals surface area contributed by atoms with Gasteiger partial charge in [0.25, 0.3) is 0 Å². The summed E-state index contributed by atoms with van der Waals surface area (Å²) in [6.45, 7) is 5.84. The van der Waals surface area contributed by atoms with Crippen LogP contribution in [0.25, 0.3) is 0 Å². The molecule has 0 radical (unpaired) electrons. The number of hydrogen-bond acceptors (Lipinski definition) is 7. The van der Waals surface area contributed by atoms with Crippen LogP contribution in [-0.2, 0) is 14.8 Å². The van der Waals surface area contributed by atoms with Gasteiger partial charge in [0.2, 0.25) is 15.9 Å². The first-order valence-corrected chi connectivity index (χ1v) is 11.7. The van der Waals surface area contributed by atoms with E-state index in [2.05, 4.69) is 25.5 Å². The number of aromatic nitrogens is 2. The fraction of sp³-hybridized carbons (Fsp3) is 0.722. The summed E-state index contributed by atoms with van der Waals surface area (Å²) in [5.41, 5.74) is 0. The number of rotatable bonds is 7. The molecule has 28 heavy (non-hydrogen) atoms. The maximum Gasteiger partial charge on any atom is 0.223 e. The van der Waals surface area contributed by atoms with Gasteiger partial charge in [-0.2, -0.15) is 0 Å². The SMILES string of the molecule is Cc1nc(NCCNC(=O)C2CCN(S(C)(=O)=O)CC2)cc(N2CCCC2)n1. The molecule has 2 aliphatic heterocycles. The minimum absolute atomic E-state index is 0.00780. The van der Waals surface area contributed by atoms with E-state index in [1.54, 1.807) is 0 Å². The van der Waals surface area contributed by atoms with Gasteiger partial charge in [0, 0.05) is 51.3 Å². The molecule has 0 saturated carbocycles. The van der Waals surface area contributed by atoms with Crippen LogP contribution in [0.2, 0.25) is 0 Å². The van der Waals surface area contributed by atoms with Crippen LogP contribution < -0.4 is 15.5 Å². The lowest BCUT2D eigenvalue weighted by Gasteiger charge is -2.29. The van der Waals surface area contributed by atoms with Gasteiger partial charge < -0.3 is 15.5 Å². The van der Waals surface area contributed by atoms with Gasteiger partial charge in [0.1, 0.15) is 17.5 Å². The van der Waals surface area contributed by atoms with E-state index in [4.69, 9.17) is 0 Å². The second kappa shape index (κ2) is 9.04. The molecule has 2 fully saturated rings.